The SMILES string of the molecule is NCCOCCn1nnc(-c2ccccc2)n1. The van der Waals surface area contributed by atoms with E-state index in [4.69, 9.17) is 10.5 Å². The van der Waals surface area contributed by atoms with Crippen LogP contribution in [0.5, 0.6) is 0 Å². The van der Waals surface area contributed by atoms with Crippen molar-refractivity contribution in [3.8, 4) is 11.4 Å². The predicted molar refractivity (Wildman–Crippen MR) is 63.1 cm³/mol. The Morgan fingerprint density at radius 1 is 1.18 bits per heavy atom. The molecule has 0 aliphatic carbocycles. The van der Waals surface area contributed by atoms with Crippen molar-refractivity contribution in [3.63, 3.8) is 0 Å². The van der Waals surface area contributed by atoms with Crippen LogP contribution in [-0.4, -0.2) is 40.0 Å². The van der Waals surface area contributed by atoms with Gasteiger partial charge in [-0.2, -0.15) is 4.80 Å². The minimum atomic E-state index is 0.528. The summed E-state index contributed by atoms with van der Waals surface area (Å²) in [5, 5.41) is 12.2. The van der Waals surface area contributed by atoms with Crippen molar-refractivity contribution in [1.29, 1.82) is 0 Å². The molecule has 0 radical (unpaired) electrons. The van der Waals surface area contributed by atoms with Crippen molar-refractivity contribution in [3.05, 3.63) is 30.3 Å². The smallest absolute Gasteiger partial charge is 0.204 e. The lowest BCUT2D eigenvalue weighted by atomic mass is 10.2. The van der Waals surface area contributed by atoms with Gasteiger partial charge < -0.3 is 10.5 Å². The van der Waals surface area contributed by atoms with Crippen molar-refractivity contribution in [2.75, 3.05) is 19.8 Å². The highest BCUT2D eigenvalue weighted by atomic mass is 16.5. The summed E-state index contributed by atoms with van der Waals surface area (Å²) in [6.45, 7) is 2.21. The lowest BCUT2D eigenvalue weighted by Crippen LogP contribution is -2.13. The van der Waals surface area contributed by atoms with Gasteiger partial charge >= 0.3 is 0 Å². The summed E-state index contributed by atoms with van der Waals surface area (Å²) in [6.07, 6.45) is 0. The third kappa shape index (κ3) is 3.33. The molecule has 90 valence electrons. The Morgan fingerprint density at radius 2 is 2.00 bits per heavy atom. The van der Waals surface area contributed by atoms with Crippen molar-refractivity contribution in [1.82, 2.24) is 20.2 Å². The quantitative estimate of drug-likeness (QED) is 0.727. The molecule has 0 unspecified atom stereocenters. The van der Waals surface area contributed by atoms with Gasteiger partial charge in [0.05, 0.1) is 19.8 Å². The highest BCUT2D eigenvalue weighted by Crippen LogP contribution is 2.11. The fourth-order valence-electron chi connectivity index (χ4n) is 1.37. The largest absolute Gasteiger partial charge is 0.378 e. The summed E-state index contributed by atoms with van der Waals surface area (Å²) in [4.78, 5) is 1.53. The number of ether oxygens (including phenoxy) is 1. The number of rotatable bonds is 6. The maximum Gasteiger partial charge on any atom is 0.204 e. The van der Waals surface area contributed by atoms with Crippen molar-refractivity contribution in [2.45, 2.75) is 6.54 Å². The first-order valence-corrected chi connectivity index (χ1v) is 5.51. The molecular weight excluding hydrogens is 218 g/mol. The molecule has 6 nitrogen and oxygen atoms in total. The molecule has 17 heavy (non-hydrogen) atoms. The zero-order valence-corrected chi connectivity index (χ0v) is 9.49. The molecule has 2 rings (SSSR count). The van der Waals surface area contributed by atoms with Gasteiger partial charge in [0, 0.05) is 12.1 Å². The summed E-state index contributed by atoms with van der Waals surface area (Å²) in [7, 11) is 0. The molecule has 0 atom stereocenters. The number of nitrogens with zero attached hydrogens (tertiary/aromatic N) is 4. The average Bonchev–Trinajstić information content (AvgIpc) is 2.85. The number of nitrogens with two attached hydrogens (primary N) is 1. The molecule has 0 spiro atoms. The van der Waals surface area contributed by atoms with Gasteiger partial charge in [-0.25, -0.2) is 0 Å². The van der Waals surface area contributed by atoms with Crippen LogP contribution in [0.15, 0.2) is 30.3 Å². The second kappa shape index (κ2) is 6.07. The van der Waals surface area contributed by atoms with E-state index >= 15 is 0 Å². The first kappa shape index (κ1) is 11.7. The Balaban J connectivity index is 1.92. The van der Waals surface area contributed by atoms with Crippen LogP contribution in [0, 0.1) is 0 Å². The second-order valence-corrected chi connectivity index (χ2v) is 3.48. The molecule has 0 saturated carbocycles. The van der Waals surface area contributed by atoms with E-state index in [2.05, 4.69) is 15.4 Å². The first-order chi connectivity index (χ1) is 8.40. The number of hydrogen-bond donors (Lipinski definition) is 1. The standard InChI is InChI=1S/C11H15N5O/c12-6-8-17-9-7-16-14-11(13-15-16)10-4-2-1-3-5-10/h1-5H,6-9,12H2. The van der Waals surface area contributed by atoms with Gasteiger partial charge in [-0.3, -0.25) is 0 Å². The fraction of sp³-hybridized carbons (Fsp3) is 0.364. The molecule has 2 aromatic rings. The van der Waals surface area contributed by atoms with Crippen LogP contribution in [-0.2, 0) is 11.3 Å². The third-order valence-corrected chi connectivity index (χ3v) is 2.18. The summed E-state index contributed by atoms with van der Waals surface area (Å²) in [5.74, 6) is 0.629. The molecule has 0 amide bonds. The normalized spacial score (nSPS) is 10.6. The number of hydrogen-bond acceptors (Lipinski definition) is 5. The van der Waals surface area contributed by atoms with Gasteiger partial charge in [-0.05, 0) is 5.21 Å². The fourth-order valence-corrected chi connectivity index (χ4v) is 1.37. The topological polar surface area (TPSA) is 78.9 Å². The van der Waals surface area contributed by atoms with Crippen LogP contribution in [0.3, 0.4) is 0 Å². The lowest BCUT2D eigenvalue weighted by molar-refractivity contribution is 0.127. The van der Waals surface area contributed by atoms with Gasteiger partial charge in [-0.15, -0.1) is 10.2 Å². The van der Waals surface area contributed by atoms with Crippen LogP contribution >= 0.6 is 0 Å². The summed E-state index contributed by atoms with van der Waals surface area (Å²) < 4.78 is 5.25. The summed E-state index contributed by atoms with van der Waals surface area (Å²) >= 11 is 0. The molecule has 0 aliphatic heterocycles. The van der Waals surface area contributed by atoms with Crippen molar-refractivity contribution < 1.29 is 4.74 Å². The molecule has 1 heterocycles. The Labute approximate surface area is 99.4 Å². The van der Waals surface area contributed by atoms with E-state index in [1.807, 2.05) is 30.3 Å². The first-order valence-electron chi connectivity index (χ1n) is 5.51. The van der Waals surface area contributed by atoms with Gasteiger partial charge in [0.2, 0.25) is 5.82 Å². The molecule has 0 saturated heterocycles. The van der Waals surface area contributed by atoms with E-state index in [-0.39, 0.29) is 0 Å². The van der Waals surface area contributed by atoms with Crippen LogP contribution < -0.4 is 5.73 Å². The van der Waals surface area contributed by atoms with Crippen molar-refractivity contribution in [2.24, 2.45) is 5.73 Å². The second-order valence-electron chi connectivity index (χ2n) is 3.48. The molecule has 2 N–H and O–H groups in total. The maximum atomic E-state index is 5.31. The molecule has 0 fully saturated rings. The minimum Gasteiger partial charge on any atom is -0.378 e. The molecular formula is C11H15N5O. The Hall–Kier alpha value is -1.79. The monoisotopic (exact) mass is 233 g/mol. The molecule has 1 aromatic carbocycles. The molecule has 6 heteroatoms. The zero-order chi connectivity index (χ0) is 11.9. The third-order valence-electron chi connectivity index (χ3n) is 2.18. The molecule has 0 bridgehead atoms. The van der Waals surface area contributed by atoms with E-state index in [1.54, 1.807) is 0 Å². The summed E-state index contributed by atoms with van der Waals surface area (Å²) in [5.41, 5.74) is 6.27. The number of benzene rings is 1. The lowest BCUT2D eigenvalue weighted by Gasteiger charge is -2.00. The van der Waals surface area contributed by atoms with E-state index in [0.29, 0.717) is 32.1 Å². The number of aromatic nitrogens is 4. The van der Waals surface area contributed by atoms with Gasteiger partial charge in [0.15, 0.2) is 0 Å². The van der Waals surface area contributed by atoms with Crippen molar-refractivity contribution >= 4 is 0 Å². The predicted octanol–water partition coefficient (Wildman–Crippen LogP) is 0.315. The van der Waals surface area contributed by atoms with Gasteiger partial charge in [-0.1, -0.05) is 30.3 Å². The van der Waals surface area contributed by atoms with Gasteiger partial charge in [0.1, 0.15) is 0 Å². The average molecular weight is 233 g/mol. The Kier molecular flexibility index (Phi) is 4.17. The Bertz CT molecular complexity index is 442. The zero-order valence-electron chi connectivity index (χ0n) is 9.49. The summed E-state index contributed by atoms with van der Waals surface area (Å²) in [6, 6.07) is 9.74. The van der Waals surface area contributed by atoms with Crippen LogP contribution in [0.25, 0.3) is 11.4 Å². The number of tetrazole rings is 1. The van der Waals surface area contributed by atoms with E-state index in [1.165, 1.54) is 4.80 Å². The highest BCUT2D eigenvalue weighted by Gasteiger charge is 2.04. The van der Waals surface area contributed by atoms with E-state index < -0.39 is 0 Å². The maximum absolute atomic E-state index is 5.31. The van der Waals surface area contributed by atoms with E-state index in [0.717, 1.165) is 5.56 Å². The van der Waals surface area contributed by atoms with Gasteiger partial charge in [0.25, 0.3) is 0 Å². The van der Waals surface area contributed by atoms with Crippen LogP contribution in [0.2, 0.25) is 0 Å². The molecule has 1 aromatic heterocycles. The van der Waals surface area contributed by atoms with Crippen LogP contribution in [0.1, 0.15) is 0 Å². The van der Waals surface area contributed by atoms with Crippen LogP contribution in [0.4, 0.5) is 0 Å². The minimum absolute atomic E-state index is 0.528. The Morgan fingerprint density at radius 3 is 2.76 bits per heavy atom. The molecule has 0 aliphatic rings. The highest BCUT2D eigenvalue weighted by molar-refractivity contribution is 5.52. The van der Waals surface area contributed by atoms with E-state index in [9.17, 15) is 0 Å².